The van der Waals surface area contributed by atoms with Gasteiger partial charge in [-0.25, -0.2) is 23.1 Å². The molecule has 3 aromatic rings. The van der Waals surface area contributed by atoms with E-state index in [0.29, 0.717) is 40.8 Å². The third kappa shape index (κ3) is 6.06. The molecule has 1 aliphatic rings. The van der Waals surface area contributed by atoms with Gasteiger partial charge in [0.25, 0.3) is 5.92 Å². The predicted molar refractivity (Wildman–Crippen MR) is 130 cm³/mol. The van der Waals surface area contributed by atoms with Gasteiger partial charge >= 0.3 is 6.18 Å². The summed E-state index contributed by atoms with van der Waals surface area (Å²) in [5, 5.41) is 3.49. The molecule has 206 valence electrons. The normalized spacial score (nSPS) is 17.5. The summed E-state index contributed by atoms with van der Waals surface area (Å²) < 4.78 is 92.0. The lowest BCUT2D eigenvalue weighted by Gasteiger charge is -2.20. The molecule has 0 radical (unpaired) electrons. The lowest BCUT2D eigenvalue weighted by atomic mass is 10.0. The van der Waals surface area contributed by atoms with Crippen molar-refractivity contribution in [1.29, 1.82) is 0 Å². The highest BCUT2D eigenvalue weighted by molar-refractivity contribution is 5.92. The van der Waals surface area contributed by atoms with Crippen LogP contribution in [0.4, 0.5) is 32.2 Å². The van der Waals surface area contributed by atoms with Crippen LogP contribution < -0.4 is 14.8 Å². The number of nitrogens with zero attached hydrogens (tertiary/aromatic N) is 3. The Morgan fingerprint density at radius 2 is 1.89 bits per heavy atom. The van der Waals surface area contributed by atoms with Crippen LogP contribution in [-0.2, 0) is 6.18 Å². The van der Waals surface area contributed by atoms with Crippen LogP contribution in [0.5, 0.6) is 11.5 Å². The molecule has 38 heavy (non-hydrogen) atoms. The molecule has 6 nitrogen and oxygen atoms in total. The van der Waals surface area contributed by atoms with E-state index >= 15 is 0 Å². The van der Waals surface area contributed by atoms with E-state index in [-0.39, 0.29) is 31.0 Å². The molecule has 1 aliphatic carbocycles. The van der Waals surface area contributed by atoms with Crippen molar-refractivity contribution in [2.45, 2.75) is 38.4 Å². The van der Waals surface area contributed by atoms with E-state index in [9.17, 15) is 26.3 Å². The maximum Gasteiger partial charge on any atom is 0.419 e. The molecule has 2 aromatic carbocycles. The van der Waals surface area contributed by atoms with Crippen molar-refractivity contribution in [3.63, 3.8) is 0 Å². The van der Waals surface area contributed by atoms with Gasteiger partial charge < -0.3 is 19.7 Å². The first-order valence-electron chi connectivity index (χ1n) is 12.0. The first-order chi connectivity index (χ1) is 17.8. The summed E-state index contributed by atoms with van der Waals surface area (Å²) in [4.78, 5) is 10.6. The molecule has 0 aliphatic heterocycles. The number of likely N-dealkylation sites (N-methyl/N-ethyl adjacent to an activating group) is 1. The van der Waals surface area contributed by atoms with Crippen molar-refractivity contribution in [3.8, 4) is 11.5 Å². The van der Waals surface area contributed by atoms with Gasteiger partial charge in [0.2, 0.25) is 0 Å². The first-order valence-corrected chi connectivity index (χ1v) is 12.0. The second-order valence-electron chi connectivity index (χ2n) is 9.48. The number of hydrogen-bond acceptors (Lipinski definition) is 6. The fourth-order valence-corrected chi connectivity index (χ4v) is 4.27. The highest BCUT2D eigenvalue weighted by Gasteiger charge is 2.56. The van der Waals surface area contributed by atoms with Gasteiger partial charge in [-0.05, 0) is 33.0 Å². The zero-order valence-corrected chi connectivity index (χ0v) is 21.3. The number of ether oxygens (including phenoxy) is 2. The molecule has 0 amide bonds. The Morgan fingerprint density at radius 3 is 2.53 bits per heavy atom. The number of halogens is 6. The second-order valence-corrected chi connectivity index (χ2v) is 9.48. The predicted octanol–water partition coefficient (Wildman–Crippen LogP) is 6.24. The summed E-state index contributed by atoms with van der Waals surface area (Å²) in [5.74, 6) is -3.20. The van der Waals surface area contributed by atoms with E-state index in [0.717, 1.165) is 6.07 Å². The number of alkyl halides is 5. The third-order valence-electron chi connectivity index (χ3n) is 6.47. The minimum absolute atomic E-state index is 0.102. The van der Waals surface area contributed by atoms with Crippen molar-refractivity contribution in [3.05, 3.63) is 53.1 Å². The summed E-state index contributed by atoms with van der Waals surface area (Å²) in [7, 11) is 3.20. The van der Waals surface area contributed by atoms with E-state index in [1.165, 1.54) is 20.1 Å². The maximum atomic E-state index is 14.7. The molecule has 1 aromatic heterocycles. The van der Waals surface area contributed by atoms with Crippen molar-refractivity contribution in [2.24, 2.45) is 5.92 Å². The van der Waals surface area contributed by atoms with Gasteiger partial charge in [0.05, 0.1) is 24.2 Å². The Morgan fingerprint density at radius 1 is 1.18 bits per heavy atom. The largest absolute Gasteiger partial charge is 0.493 e. The molecule has 1 fully saturated rings. The van der Waals surface area contributed by atoms with Gasteiger partial charge in [-0.2, -0.15) is 13.2 Å². The van der Waals surface area contributed by atoms with E-state index < -0.39 is 35.4 Å². The molecule has 1 unspecified atom stereocenters. The van der Waals surface area contributed by atoms with Gasteiger partial charge in [0.1, 0.15) is 24.1 Å². The van der Waals surface area contributed by atoms with E-state index in [4.69, 9.17) is 9.47 Å². The lowest BCUT2D eigenvalue weighted by molar-refractivity contribution is -0.140. The first kappa shape index (κ1) is 27.7. The maximum absolute atomic E-state index is 14.7. The minimum Gasteiger partial charge on any atom is -0.493 e. The van der Waals surface area contributed by atoms with Gasteiger partial charge in [0, 0.05) is 42.4 Å². The zero-order valence-electron chi connectivity index (χ0n) is 21.3. The topological polar surface area (TPSA) is 59.5 Å². The number of methoxy groups -OCH3 is 1. The number of benzene rings is 2. The molecule has 0 spiro atoms. The standard InChI is InChI=1S/C26H28F6N4O2/c1-14(17-6-5-7-19(23(17)27)26(30,31)32)33-24-18-10-22(21(37-4)11-20(18)34-15(2)35-24)38-9-8-36(3)13-16-12-25(16,28)29/h5-7,10-11,14,16H,8-9,12-13H2,1-4H3,(H,33,34,35)/t14-,16?/m1/s1. The highest BCUT2D eigenvalue weighted by Crippen LogP contribution is 2.48. The van der Waals surface area contributed by atoms with Crippen LogP contribution in [-0.4, -0.2) is 54.6 Å². The van der Waals surface area contributed by atoms with E-state index in [2.05, 4.69) is 15.3 Å². The van der Waals surface area contributed by atoms with Crippen LogP contribution in [0.1, 0.15) is 36.3 Å². The van der Waals surface area contributed by atoms with Gasteiger partial charge in [0.15, 0.2) is 11.5 Å². The Balaban J connectivity index is 1.57. The zero-order chi connectivity index (χ0) is 27.8. The number of hydrogen-bond donors (Lipinski definition) is 1. The number of rotatable bonds is 10. The van der Waals surface area contributed by atoms with Crippen molar-refractivity contribution in [1.82, 2.24) is 14.9 Å². The Hall–Kier alpha value is -3.28. The summed E-state index contributed by atoms with van der Waals surface area (Å²) in [6.07, 6.45) is -4.93. The molecule has 0 saturated heterocycles. The third-order valence-corrected chi connectivity index (χ3v) is 6.47. The molecule has 1 saturated carbocycles. The van der Waals surface area contributed by atoms with Gasteiger partial charge in [-0.1, -0.05) is 12.1 Å². The molecule has 1 heterocycles. The van der Waals surface area contributed by atoms with Crippen LogP contribution in [0.25, 0.3) is 10.9 Å². The average Bonchev–Trinajstić information content (AvgIpc) is 3.42. The smallest absolute Gasteiger partial charge is 0.419 e. The quantitative estimate of drug-likeness (QED) is 0.306. The van der Waals surface area contributed by atoms with Crippen LogP contribution in [0.15, 0.2) is 30.3 Å². The summed E-state index contributed by atoms with van der Waals surface area (Å²) in [6.45, 7) is 4.03. The fraction of sp³-hybridized carbons (Fsp3) is 0.462. The number of anilines is 1. The number of fused-ring (bicyclic) bond motifs is 1. The summed E-state index contributed by atoms with van der Waals surface area (Å²) >= 11 is 0. The van der Waals surface area contributed by atoms with E-state index in [1.807, 2.05) is 0 Å². The summed E-state index contributed by atoms with van der Waals surface area (Å²) in [6, 6.07) is 5.52. The van der Waals surface area contributed by atoms with Crippen LogP contribution in [0, 0.1) is 18.7 Å². The number of aryl methyl sites for hydroxylation is 1. The van der Waals surface area contributed by atoms with Gasteiger partial charge in [-0.3, -0.25) is 0 Å². The second kappa shape index (κ2) is 10.5. The van der Waals surface area contributed by atoms with E-state index in [1.54, 1.807) is 31.0 Å². The number of nitrogens with one attached hydrogen (secondary N) is 1. The monoisotopic (exact) mass is 542 g/mol. The summed E-state index contributed by atoms with van der Waals surface area (Å²) in [5.41, 5.74) is -1.03. The lowest BCUT2D eigenvalue weighted by Crippen LogP contribution is -2.27. The molecule has 2 atom stereocenters. The van der Waals surface area contributed by atoms with Crippen molar-refractivity contribution in [2.75, 3.05) is 39.2 Å². The molecular formula is C26H28F6N4O2. The number of aromatic nitrogens is 2. The highest BCUT2D eigenvalue weighted by atomic mass is 19.4. The Labute approximate surface area is 216 Å². The SMILES string of the molecule is COc1cc2nc(C)nc(N[C@H](C)c3cccc(C(F)(F)F)c3F)c2cc1OCCN(C)CC1CC1(F)F. The molecule has 1 N–H and O–H groups in total. The minimum atomic E-state index is -4.82. The van der Waals surface area contributed by atoms with Crippen LogP contribution >= 0.6 is 0 Å². The Kier molecular flexibility index (Phi) is 7.64. The van der Waals surface area contributed by atoms with Crippen LogP contribution in [0.3, 0.4) is 0 Å². The fourth-order valence-electron chi connectivity index (χ4n) is 4.27. The van der Waals surface area contributed by atoms with Crippen molar-refractivity contribution >= 4 is 16.7 Å². The molecule has 4 rings (SSSR count). The Bertz CT molecular complexity index is 1320. The average molecular weight is 543 g/mol. The van der Waals surface area contributed by atoms with Crippen molar-refractivity contribution < 1.29 is 35.8 Å². The molecule has 0 bridgehead atoms. The van der Waals surface area contributed by atoms with Gasteiger partial charge in [-0.15, -0.1) is 0 Å². The van der Waals surface area contributed by atoms with Crippen LogP contribution in [0.2, 0.25) is 0 Å². The molecular weight excluding hydrogens is 514 g/mol. The molecule has 12 heteroatoms.